The fourth-order valence-electron chi connectivity index (χ4n) is 2.09. The van der Waals surface area contributed by atoms with Crippen molar-refractivity contribution in [2.45, 2.75) is 0 Å². The van der Waals surface area contributed by atoms with E-state index in [0.717, 1.165) is 30.2 Å². The monoisotopic (exact) mass is 287 g/mol. The molecule has 0 saturated carbocycles. The molecule has 0 unspecified atom stereocenters. The zero-order valence-electron chi connectivity index (χ0n) is 11.8. The third-order valence-corrected chi connectivity index (χ3v) is 3.23. The predicted octanol–water partition coefficient (Wildman–Crippen LogP) is 0.394. The summed E-state index contributed by atoms with van der Waals surface area (Å²) in [5.41, 5.74) is 7.08. The van der Waals surface area contributed by atoms with E-state index in [2.05, 4.69) is 30.2 Å². The molecular weight excluding hydrogens is 270 g/mol. The molecule has 1 aliphatic rings. The lowest BCUT2D eigenvalue weighted by atomic mass is 10.2. The zero-order valence-corrected chi connectivity index (χ0v) is 11.8. The fourth-order valence-corrected chi connectivity index (χ4v) is 2.09. The largest absolute Gasteiger partial charge is 0.378 e. The molecule has 0 radical (unpaired) electrons. The molecule has 1 saturated heterocycles. The summed E-state index contributed by atoms with van der Waals surface area (Å²) in [7, 11) is 1.83. The highest BCUT2D eigenvalue weighted by molar-refractivity contribution is 5.63. The van der Waals surface area contributed by atoms with E-state index < -0.39 is 0 Å². The minimum absolute atomic E-state index is 0.245. The van der Waals surface area contributed by atoms with Crippen LogP contribution in [0, 0.1) is 0 Å². The van der Waals surface area contributed by atoms with Crippen LogP contribution in [0.4, 0.5) is 17.7 Å². The van der Waals surface area contributed by atoms with E-state index in [1.165, 1.54) is 0 Å². The molecule has 0 spiro atoms. The second-order valence-corrected chi connectivity index (χ2v) is 4.62. The lowest BCUT2D eigenvalue weighted by Gasteiger charge is -2.27. The maximum Gasteiger partial charge on any atom is 0.228 e. The van der Waals surface area contributed by atoms with Gasteiger partial charge in [-0.2, -0.15) is 4.98 Å². The molecule has 8 nitrogen and oxygen atoms in total. The summed E-state index contributed by atoms with van der Waals surface area (Å²) >= 11 is 0. The van der Waals surface area contributed by atoms with Crippen molar-refractivity contribution in [3.8, 4) is 11.3 Å². The van der Waals surface area contributed by atoms with E-state index in [-0.39, 0.29) is 5.95 Å². The molecular formula is C13H17N7O. The Labute approximate surface area is 122 Å². The summed E-state index contributed by atoms with van der Waals surface area (Å²) in [5, 5.41) is 3.05. The molecule has 0 amide bonds. The number of nitrogens with one attached hydrogen (secondary N) is 1. The van der Waals surface area contributed by atoms with Crippen molar-refractivity contribution in [1.29, 1.82) is 0 Å². The summed E-state index contributed by atoms with van der Waals surface area (Å²) in [5.74, 6) is 1.67. The molecule has 21 heavy (non-hydrogen) atoms. The van der Waals surface area contributed by atoms with Crippen LogP contribution in [-0.4, -0.2) is 53.3 Å². The first-order valence-electron chi connectivity index (χ1n) is 6.73. The van der Waals surface area contributed by atoms with Gasteiger partial charge in [0.15, 0.2) is 0 Å². The van der Waals surface area contributed by atoms with Crippen LogP contribution < -0.4 is 16.0 Å². The SMILES string of the molecule is CNc1cc(-c2cnc(N)nc2)nc(N2CCOCC2)n1. The maximum absolute atomic E-state index is 5.52. The Balaban J connectivity index is 1.98. The van der Waals surface area contributed by atoms with E-state index >= 15 is 0 Å². The molecule has 0 bridgehead atoms. The van der Waals surface area contributed by atoms with Crippen LogP contribution in [0.15, 0.2) is 18.5 Å². The van der Waals surface area contributed by atoms with Crippen LogP contribution in [0.3, 0.4) is 0 Å². The smallest absolute Gasteiger partial charge is 0.228 e. The number of nitrogens with two attached hydrogens (primary N) is 1. The van der Waals surface area contributed by atoms with Crippen molar-refractivity contribution in [3.63, 3.8) is 0 Å². The summed E-state index contributed by atoms with van der Waals surface area (Å²) in [4.78, 5) is 19.2. The Morgan fingerprint density at radius 3 is 2.57 bits per heavy atom. The highest BCUT2D eigenvalue weighted by Gasteiger charge is 2.16. The molecule has 3 N–H and O–H groups in total. The molecule has 110 valence electrons. The highest BCUT2D eigenvalue weighted by Crippen LogP contribution is 2.22. The van der Waals surface area contributed by atoms with Gasteiger partial charge in [0.05, 0.1) is 18.9 Å². The first kappa shape index (κ1) is 13.5. The van der Waals surface area contributed by atoms with Gasteiger partial charge in [-0.3, -0.25) is 0 Å². The Morgan fingerprint density at radius 1 is 1.19 bits per heavy atom. The number of rotatable bonds is 3. The number of anilines is 3. The number of morpholine rings is 1. The van der Waals surface area contributed by atoms with Gasteiger partial charge in [0.1, 0.15) is 5.82 Å². The topological polar surface area (TPSA) is 102 Å². The summed E-state index contributed by atoms with van der Waals surface area (Å²) in [6, 6.07) is 1.86. The standard InChI is InChI=1S/C13H17N7O/c1-15-11-6-10(9-7-16-12(14)17-8-9)18-13(19-11)20-2-4-21-5-3-20/h6-8H,2-5H2,1H3,(H2,14,16,17)(H,15,18,19). The molecule has 3 rings (SSSR count). The fraction of sp³-hybridized carbons (Fsp3) is 0.385. The molecule has 0 aliphatic carbocycles. The quantitative estimate of drug-likeness (QED) is 0.836. The molecule has 0 aromatic carbocycles. The summed E-state index contributed by atoms with van der Waals surface area (Å²) in [6.07, 6.45) is 3.32. The number of aromatic nitrogens is 4. The number of nitrogens with zero attached hydrogens (tertiary/aromatic N) is 5. The molecule has 3 heterocycles. The van der Waals surface area contributed by atoms with Crippen molar-refractivity contribution >= 4 is 17.7 Å². The van der Waals surface area contributed by atoms with Crippen molar-refractivity contribution < 1.29 is 4.74 Å². The van der Waals surface area contributed by atoms with Crippen LogP contribution in [0.25, 0.3) is 11.3 Å². The van der Waals surface area contributed by atoms with Crippen molar-refractivity contribution in [1.82, 2.24) is 19.9 Å². The minimum Gasteiger partial charge on any atom is -0.378 e. The zero-order chi connectivity index (χ0) is 14.7. The summed E-state index contributed by atoms with van der Waals surface area (Å²) in [6.45, 7) is 2.94. The van der Waals surface area contributed by atoms with E-state index in [9.17, 15) is 0 Å². The van der Waals surface area contributed by atoms with Crippen molar-refractivity contribution in [3.05, 3.63) is 18.5 Å². The highest BCUT2D eigenvalue weighted by atomic mass is 16.5. The average Bonchev–Trinajstić information content (AvgIpc) is 2.56. The lowest BCUT2D eigenvalue weighted by Crippen LogP contribution is -2.37. The second kappa shape index (κ2) is 5.88. The first-order valence-corrected chi connectivity index (χ1v) is 6.73. The number of hydrogen-bond acceptors (Lipinski definition) is 8. The maximum atomic E-state index is 5.52. The first-order chi connectivity index (χ1) is 10.3. The van der Waals surface area contributed by atoms with Gasteiger partial charge >= 0.3 is 0 Å². The lowest BCUT2D eigenvalue weighted by molar-refractivity contribution is 0.122. The second-order valence-electron chi connectivity index (χ2n) is 4.62. The van der Waals surface area contributed by atoms with Gasteiger partial charge in [0, 0.05) is 44.2 Å². The van der Waals surface area contributed by atoms with Gasteiger partial charge in [0.2, 0.25) is 11.9 Å². The Bertz CT molecular complexity index is 610. The molecule has 0 atom stereocenters. The van der Waals surface area contributed by atoms with Crippen LogP contribution in [0.5, 0.6) is 0 Å². The van der Waals surface area contributed by atoms with Crippen molar-refractivity contribution in [2.24, 2.45) is 0 Å². The van der Waals surface area contributed by atoms with Gasteiger partial charge < -0.3 is 20.7 Å². The number of hydrogen-bond donors (Lipinski definition) is 2. The van der Waals surface area contributed by atoms with Gasteiger partial charge in [-0.15, -0.1) is 0 Å². The molecule has 8 heteroatoms. The number of ether oxygens (including phenoxy) is 1. The average molecular weight is 287 g/mol. The van der Waals surface area contributed by atoms with Gasteiger partial charge in [-0.25, -0.2) is 15.0 Å². The normalized spacial score (nSPS) is 15.0. The van der Waals surface area contributed by atoms with E-state index in [1.54, 1.807) is 12.4 Å². The molecule has 2 aromatic heterocycles. The summed E-state index contributed by atoms with van der Waals surface area (Å²) < 4.78 is 5.36. The van der Waals surface area contributed by atoms with E-state index in [0.29, 0.717) is 19.2 Å². The predicted molar refractivity (Wildman–Crippen MR) is 80.0 cm³/mol. The Morgan fingerprint density at radius 2 is 1.90 bits per heavy atom. The van der Waals surface area contributed by atoms with Crippen LogP contribution >= 0.6 is 0 Å². The Hall–Kier alpha value is -2.48. The van der Waals surface area contributed by atoms with Crippen molar-refractivity contribution in [2.75, 3.05) is 49.3 Å². The van der Waals surface area contributed by atoms with Crippen LogP contribution in [0.2, 0.25) is 0 Å². The minimum atomic E-state index is 0.245. The van der Waals surface area contributed by atoms with E-state index in [1.807, 2.05) is 13.1 Å². The van der Waals surface area contributed by atoms with E-state index in [4.69, 9.17) is 10.5 Å². The Kier molecular flexibility index (Phi) is 3.78. The van der Waals surface area contributed by atoms with Crippen LogP contribution in [-0.2, 0) is 4.74 Å². The van der Waals surface area contributed by atoms with Gasteiger partial charge in [-0.05, 0) is 0 Å². The van der Waals surface area contributed by atoms with Gasteiger partial charge in [-0.1, -0.05) is 0 Å². The molecule has 2 aromatic rings. The van der Waals surface area contributed by atoms with Crippen LogP contribution in [0.1, 0.15) is 0 Å². The van der Waals surface area contributed by atoms with Gasteiger partial charge in [0.25, 0.3) is 0 Å². The third kappa shape index (κ3) is 3.00. The number of nitrogen functional groups attached to an aromatic ring is 1. The third-order valence-electron chi connectivity index (χ3n) is 3.23. The molecule has 1 fully saturated rings. The molecule has 1 aliphatic heterocycles.